The van der Waals surface area contributed by atoms with Crippen LogP contribution in [0, 0.1) is 0 Å². The SMILES string of the molecule is CCOCCNC(=O)C(CN)OC. The minimum Gasteiger partial charge on any atom is -0.380 e. The maximum Gasteiger partial charge on any atom is 0.250 e. The molecule has 1 atom stereocenters. The molecule has 13 heavy (non-hydrogen) atoms. The van der Waals surface area contributed by atoms with E-state index in [1.807, 2.05) is 6.92 Å². The number of hydrogen-bond donors (Lipinski definition) is 2. The van der Waals surface area contributed by atoms with Crippen molar-refractivity contribution in [2.45, 2.75) is 13.0 Å². The van der Waals surface area contributed by atoms with Crippen LogP contribution in [0.3, 0.4) is 0 Å². The molecule has 3 N–H and O–H groups in total. The van der Waals surface area contributed by atoms with Crippen molar-refractivity contribution in [1.29, 1.82) is 0 Å². The van der Waals surface area contributed by atoms with Crippen LogP contribution in [0.4, 0.5) is 0 Å². The average molecular weight is 190 g/mol. The van der Waals surface area contributed by atoms with Crippen molar-refractivity contribution in [2.75, 3.05) is 33.4 Å². The van der Waals surface area contributed by atoms with Gasteiger partial charge in [-0.3, -0.25) is 4.79 Å². The molecule has 5 heteroatoms. The van der Waals surface area contributed by atoms with Crippen molar-refractivity contribution < 1.29 is 14.3 Å². The molecular formula is C8H18N2O3. The first kappa shape index (κ1) is 12.3. The molecule has 0 bridgehead atoms. The fraction of sp³-hybridized carbons (Fsp3) is 0.875. The summed E-state index contributed by atoms with van der Waals surface area (Å²) in [5, 5.41) is 2.65. The molecule has 0 aromatic heterocycles. The van der Waals surface area contributed by atoms with Gasteiger partial charge in [-0.25, -0.2) is 0 Å². The average Bonchev–Trinajstić information content (AvgIpc) is 2.14. The molecule has 0 aliphatic carbocycles. The van der Waals surface area contributed by atoms with Crippen LogP contribution < -0.4 is 11.1 Å². The third-order valence-corrected chi connectivity index (χ3v) is 1.54. The van der Waals surface area contributed by atoms with Gasteiger partial charge in [0.1, 0.15) is 6.10 Å². The summed E-state index contributed by atoms with van der Waals surface area (Å²) in [5.74, 6) is -0.190. The number of carbonyl (C=O) groups excluding carboxylic acids is 1. The molecule has 1 amide bonds. The van der Waals surface area contributed by atoms with Crippen LogP contribution in [0.5, 0.6) is 0 Å². The highest BCUT2D eigenvalue weighted by atomic mass is 16.5. The molecule has 5 nitrogen and oxygen atoms in total. The Morgan fingerprint density at radius 1 is 1.62 bits per heavy atom. The van der Waals surface area contributed by atoms with Crippen molar-refractivity contribution in [3.8, 4) is 0 Å². The predicted octanol–water partition coefficient (Wildman–Crippen LogP) is -0.887. The topological polar surface area (TPSA) is 73.6 Å². The fourth-order valence-corrected chi connectivity index (χ4v) is 0.815. The number of rotatable bonds is 7. The van der Waals surface area contributed by atoms with Crippen LogP contribution in [0.1, 0.15) is 6.92 Å². The van der Waals surface area contributed by atoms with E-state index >= 15 is 0 Å². The summed E-state index contributed by atoms with van der Waals surface area (Å²) in [6, 6.07) is 0. The molecular weight excluding hydrogens is 172 g/mol. The number of ether oxygens (including phenoxy) is 2. The zero-order valence-corrected chi connectivity index (χ0v) is 8.21. The van der Waals surface area contributed by atoms with Gasteiger partial charge < -0.3 is 20.5 Å². The molecule has 1 unspecified atom stereocenters. The van der Waals surface area contributed by atoms with Gasteiger partial charge >= 0.3 is 0 Å². The second-order valence-electron chi connectivity index (χ2n) is 2.45. The Labute approximate surface area is 78.6 Å². The number of methoxy groups -OCH3 is 1. The molecule has 78 valence electrons. The number of hydrogen-bond acceptors (Lipinski definition) is 4. The van der Waals surface area contributed by atoms with Gasteiger partial charge in [-0.05, 0) is 6.92 Å². The number of amides is 1. The zero-order valence-electron chi connectivity index (χ0n) is 8.21. The van der Waals surface area contributed by atoms with Crippen molar-refractivity contribution in [1.82, 2.24) is 5.32 Å². The first-order valence-electron chi connectivity index (χ1n) is 4.34. The lowest BCUT2D eigenvalue weighted by Gasteiger charge is -2.12. The van der Waals surface area contributed by atoms with E-state index in [1.165, 1.54) is 7.11 Å². The van der Waals surface area contributed by atoms with Gasteiger partial charge in [0.15, 0.2) is 0 Å². The maximum absolute atomic E-state index is 11.2. The summed E-state index contributed by atoms with van der Waals surface area (Å²) in [6.45, 7) is 3.76. The van der Waals surface area contributed by atoms with Gasteiger partial charge in [0.2, 0.25) is 0 Å². The van der Waals surface area contributed by atoms with Crippen molar-refractivity contribution in [3.05, 3.63) is 0 Å². The van der Waals surface area contributed by atoms with Crippen LogP contribution in [0.25, 0.3) is 0 Å². The highest BCUT2D eigenvalue weighted by Gasteiger charge is 2.14. The van der Waals surface area contributed by atoms with E-state index in [-0.39, 0.29) is 12.5 Å². The highest BCUT2D eigenvalue weighted by Crippen LogP contribution is 1.85. The van der Waals surface area contributed by atoms with Gasteiger partial charge in [0.05, 0.1) is 6.61 Å². The van der Waals surface area contributed by atoms with Crippen LogP contribution in [0.2, 0.25) is 0 Å². The fourth-order valence-electron chi connectivity index (χ4n) is 0.815. The summed E-state index contributed by atoms with van der Waals surface area (Å²) in [4.78, 5) is 11.2. The number of carbonyl (C=O) groups is 1. The van der Waals surface area contributed by atoms with Gasteiger partial charge in [-0.1, -0.05) is 0 Å². The predicted molar refractivity (Wildman–Crippen MR) is 49.4 cm³/mol. The lowest BCUT2D eigenvalue weighted by Crippen LogP contribution is -2.41. The Morgan fingerprint density at radius 2 is 2.31 bits per heavy atom. The molecule has 0 aromatic rings. The van der Waals surface area contributed by atoms with E-state index in [1.54, 1.807) is 0 Å². The Kier molecular flexibility index (Phi) is 7.57. The monoisotopic (exact) mass is 190 g/mol. The summed E-state index contributed by atoms with van der Waals surface area (Å²) < 4.78 is 9.88. The standard InChI is InChI=1S/C8H18N2O3/c1-3-13-5-4-10-8(11)7(6-9)12-2/h7H,3-6,9H2,1-2H3,(H,10,11). The van der Waals surface area contributed by atoms with Gasteiger partial charge in [-0.15, -0.1) is 0 Å². The van der Waals surface area contributed by atoms with E-state index < -0.39 is 6.10 Å². The van der Waals surface area contributed by atoms with Gasteiger partial charge in [0.25, 0.3) is 5.91 Å². The normalized spacial score (nSPS) is 12.5. The number of nitrogens with one attached hydrogen (secondary N) is 1. The zero-order chi connectivity index (χ0) is 10.1. The Balaban J connectivity index is 3.48. The van der Waals surface area contributed by atoms with E-state index in [0.29, 0.717) is 19.8 Å². The van der Waals surface area contributed by atoms with Crippen LogP contribution in [-0.2, 0) is 14.3 Å². The third-order valence-electron chi connectivity index (χ3n) is 1.54. The van der Waals surface area contributed by atoms with Crippen LogP contribution >= 0.6 is 0 Å². The molecule has 0 radical (unpaired) electrons. The number of nitrogens with two attached hydrogens (primary N) is 1. The van der Waals surface area contributed by atoms with Crippen molar-refractivity contribution >= 4 is 5.91 Å². The highest BCUT2D eigenvalue weighted by molar-refractivity contribution is 5.80. The second kappa shape index (κ2) is 7.97. The Hall–Kier alpha value is -0.650. The molecule has 0 heterocycles. The summed E-state index contributed by atoms with van der Waals surface area (Å²) in [7, 11) is 1.46. The van der Waals surface area contributed by atoms with E-state index in [2.05, 4.69) is 5.32 Å². The minimum atomic E-state index is -0.554. The molecule has 0 rings (SSSR count). The summed E-state index contributed by atoms with van der Waals surface area (Å²) >= 11 is 0. The molecule has 0 saturated carbocycles. The van der Waals surface area contributed by atoms with Crippen molar-refractivity contribution in [2.24, 2.45) is 5.73 Å². The molecule has 0 aliphatic heterocycles. The van der Waals surface area contributed by atoms with Crippen molar-refractivity contribution in [3.63, 3.8) is 0 Å². The first-order chi connectivity index (χ1) is 6.26. The van der Waals surface area contributed by atoms with Crippen LogP contribution in [-0.4, -0.2) is 45.4 Å². The molecule has 0 fully saturated rings. The lowest BCUT2D eigenvalue weighted by atomic mass is 10.3. The van der Waals surface area contributed by atoms with E-state index in [9.17, 15) is 4.79 Å². The lowest BCUT2D eigenvalue weighted by molar-refractivity contribution is -0.130. The molecule has 0 aliphatic rings. The smallest absolute Gasteiger partial charge is 0.250 e. The summed E-state index contributed by atoms with van der Waals surface area (Å²) in [5.41, 5.74) is 5.30. The largest absolute Gasteiger partial charge is 0.380 e. The summed E-state index contributed by atoms with van der Waals surface area (Å²) in [6.07, 6.45) is -0.554. The van der Waals surface area contributed by atoms with E-state index in [4.69, 9.17) is 15.2 Å². The molecule has 0 spiro atoms. The van der Waals surface area contributed by atoms with Crippen LogP contribution in [0.15, 0.2) is 0 Å². The Bertz CT molecular complexity index is 137. The van der Waals surface area contributed by atoms with E-state index in [0.717, 1.165) is 0 Å². The maximum atomic E-state index is 11.2. The quantitative estimate of drug-likeness (QED) is 0.511. The second-order valence-corrected chi connectivity index (χ2v) is 2.45. The first-order valence-corrected chi connectivity index (χ1v) is 4.34. The third kappa shape index (κ3) is 5.57. The molecule has 0 aromatic carbocycles. The molecule has 0 saturated heterocycles. The minimum absolute atomic E-state index is 0.190. The van der Waals surface area contributed by atoms with Gasteiger partial charge in [0, 0.05) is 26.8 Å². The van der Waals surface area contributed by atoms with Gasteiger partial charge in [-0.2, -0.15) is 0 Å². The Morgan fingerprint density at radius 3 is 2.77 bits per heavy atom.